The number of H-pyrrole nitrogens is 1. The van der Waals surface area contributed by atoms with E-state index < -0.39 is 10.8 Å². The summed E-state index contributed by atoms with van der Waals surface area (Å²) in [5.74, 6) is 2.30. The van der Waals surface area contributed by atoms with Crippen LogP contribution in [0.4, 0.5) is 0 Å². The van der Waals surface area contributed by atoms with Gasteiger partial charge in [0.25, 0.3) is 0 Å². The van der Waals surface area contributed by atoms with Crippen LogP contribution in [0, 0.1) is 6.92 Å². The highest BCUT2D eigenvalue weighted by atomic mass is 32.2. The van der Waals surface area contributed by atoms with Crippen molar-refractivity contribution in [3.8, 4) is 11.4 Å². The topological polar surface area (TPSA) is 111 Å². The molecule has 4 aromatic rings. The maximum Gasteiger partial charge on any atom is 0.178 e. The first-order valence-corrected chi connectivity index (χ1v) is 12.6. The average molecular weight is 478 g/mol. The Labute approximate surface area is 200 Å². The minimum atomic E-state index is -1.11. The summed E-state index contributed by atoms with van der Waals surface area (Å²) in [7, 11) is 0.520. The van der Waals surface area contributed by atoms with Crippen molar-refractivity contribution in [2.24, 2.45) is 0 Å². The van der Waals surface area contributed by atoms with Crippen molar-refractivity contribution in [1.82, 2.24) is 35.7 Å². The lowest BCUT2D eigenvalue weighted by Crippen LogP contribution is -2.29. The van der Waals surface area contributed by atoms with Crippen molar-refractivity contribution in [3.05, 3.63) is 77.4 Å². The Balaban J connectivity index is 1.42. The number of nitrogens with zero attached hydrogens (tertiary/aromatic N) is 5. The molecule has 2 unspecified atom stereocenters. The number of benzene rings is 2. The highest BCUT2D eigenvalue weighted by Gasteiger charge is 2.33. The fourth-order valence-corrected chi connectivity index (χ4v) is 4.96. The summed E-state index contributed by atoms with van der Waals surface area (Å²) in [5.41, 5.74) is 4.07. The minimum absolute atomic E-state index is 0.314. The molecular weight excluding hydrogens is 450 g/mol. The lowest BCUT2D eigenvalue weighted by Gasteiger charge is -2.19. The first kappa shape index (κ1) is 22.4. The quantitative estimate of drug-likeness (QED) is 0.361. The SMILES string of the molecule is COc1cccc(-n2nnnc2C(NCCS(=O)c2ccc(C)cc2)c2cn[nH]c2C2CC2)c1. The second kappa shape index (κ2) is 9.86. The second-order valence-corrected chi connectivity index (χ2v) is 9.98. The maximum atomic E-state index is 12.8. The summed E-state index contributed by atoms with van der Waals surface area (Å²) >= 11 is 0. The molecule has 10 heteroatoms. The fourth-order valence-electron chi connectivity index (χ4n) is 3.98. The van der Waals surface area contributed by atoms with Crippen molar-refractivity contribution in [1.29, 1.82) is 0 Å². The van der Waals surface area contributed by atoms with Crippen LogP contribution in [0.15, 0.2) is 59.6 Å². The standard InChI is InChI=1S/C24H27N7O2S/c1-16-6-10-20(11-7-16)34(32)13-12-25-23(21-15-26-27-22(21)17-8-9-17)24-28-29-30-31(24)18-4-3-5-19(14-18)33-2/h3-7,10-11,14-15,17,23,25H,8-9,12-13H2,1-2H3,(H,26,27). The Kier molecular flexibility index (Phi) is 6.50. The van der Waals surface area contributed by atoms with E-state index in [0.29, 0.717) is 24.0 Å². The van der Waals surface area contributed by atoms with Crippen molar-refractivity contribution in [2.75, 3.05) is 19.4 Å². The van der Waals surface area contributed by atoms with Gasteiger partial charge in [0.05, 0.1) is 35.8 Å². The van der Waals surface area contributed by atoms with E-state index in [1.807, 2.05) is 61.7 Å². The van der Waals surface area contributed by atoms with Crippen molar-refractivity contribution in [2.45, 2.75) is 36.6 Å². The van der Waals surface area contributed by atoms with Crippen LogP contribution in [-0.2, 0) is 10.8 Å². The zero-order valence-corrected chi connectivity index (χ0v) is 20.0. The van der Waals surface area contributed by atoms with Gasteiger partial charge in [0.1, 0.15) is 5.75 Å². The molecule has 0 saturated heterocycles. The van der Waals surface area contributed by atoms with Gasteiger partial charge >= 0.3 is 0 Å². The number of tetrazole rings is 1. The molecule has 2 N–H and O–H groups in total. The van der Waals surface area contributed by atoms with Crippen LogP contribution in [0.25, 0.3) is 5.69 Å². The molecule has 1 saturated carbocycles. The Hall–Kier alpha value is -3.37. The molecule has 0 amide bonds. The van der Waals surface area contributed by atoms with Gasteiger partial charge < -0.3 is 10.1 Å². The van der Waals surface area contributed by atoms with Gasteiger partial charge in [0, 0.05) is 40.4 Å². The molecule has 1 aliphatic rings. The van der Waals surface area contributed by atoms with Crippen molar-refractivity contribution < 1.29 is 8.95 Å². The highest BCUT2D eigenvalue weighted by Crippen LogP contribution is 2.42. The summed E-state index contributed by atoms with van der Waals surface area (Å²) in [4.78, 5) is 0.826. The van der Waals surface area contributed by atoms with Crippen LogP contribution >= 0.6 is 0 Å². The van der Waals surface area contributed by atoms with Crippen LogP contribution in [0.3, 0.4) is 0 Å². The van der Waals surface area contributed by atoms with Gasteiger partial charge in [0.2, 0.25) is 0 Å². The minimum Gasteiger partial charge on any atom is -0.497 e. The molecule has 2 aromatic carbocycles. The first-order chi connectivity index (χ1) is 16.6. The zero-order valence-electron chi connectivity index (χ0n) is 19.1. The van der Waals surface area contributed by atoms with E-state index in [4.69, 9.17) is 4.74 Å². The Bertz CT molecular complexity index is 1280. The van der Waals surface area contributed by atoms with Crippen LogP contribution in [0.5, 0.6) is 5.75 Å². The number of nitrogens with one attached hydrogen (secondary N) is 2. The fraction of sp³-hybridized carbons (Fsp3) is 0.333. The van der Waals surface area contributed by atoms with E-state index in [-0.39, 0.29) is 6.04 Å². The largest absolute Gasteiger partial charge is 0.497 e. The molecule has 0 aliphatic heterocycles. The Morgan fingerprint density at radius 2 is 2.06 bits per heavy atom. The molecule has 34 heavy (non-hydrogen) atoms. The molecule has 0 spiro atoms. The van der Waals surface area contributed by atoms with Crippen LogP contribution in [0.1, 0.15) is 47.4 Å². The van der Waals surface area contributed by atoms with E-state index in [1.165, 1.54) is 0 Å². The zero-order chi connectivity index (χ0) is 23.5. The molecule has 176 valence electrons. The molecule has 0 bridgehead atoms. The number of aromatic amines is 1. The molecule has 9 nitrogen and oxygen atoms in total. The van der Waals surface area contributed by atoms with Gasteiger partial charge in [-0.25, -0.2) is 0 Å². The molecule has 2 atom stereocenters. The number of aromatic nitrogens is 6. The van der Waals surface area contributed by atoms with Gasteiger partial charge in [-0.3, -0.25) is 9.31 Å². The third-order valence-electron chi connectivity index (χ3n) is 5.97. The molecule has 0 radical (unpaired) electrons. The third kappa shape index (κ3) is 4.78. The number of methoxy groups -OCH3 is 1. The number of hydrogen-bond donors (Lipinski definition) is 2. The molecule has 5 rings (SSSR count). The van der Waals surface area contributed by atoms with Crippen LogP contribution in [-0.4, -0.2) is 54.0 Å². The van der Waals surface area contributed by atoms with E-state index >= 15 is 0 Å². The maximum absolute atomic E-state index is 12.8. The summed E-state index contributed by atoms with van der Waals surface area (Å²) in [6.07, 6.45) is 4.12. The normalized spacial score (nSPS) is 15.2. The monoisotopic (exact) mass is 477 g/mol. The predicted molar refractivity (Wildman–Crippen MR) is 129 cm³/mol. The lowest BCUT2D eigenvalue weighted by molar-refractivity contribution is 0.414. The predicted octanol–water partition coefficient (Wildman–Crippen LogP) is 3.07. The molecule has 2 heterocycles. The Morgan fingerprint density at radius 3 is 2.82 bits per heavy atom. The van der Waals surface area contributed by atoms with Gasteiger partial charge in [-0.1, -0.05) is 23.8 Å². The molecule has 1 aliphatic carbocycles. The molecule has 2 aromatic heterocycles. The third-order valence-corrected chi connectivity index (χ3v) is 7.34. The van der Waals surface area contributed by atoms with Gasteiger partial charge in [-0.15, -0.1) is 5.10 Å². The number of aryl methyl sites for hydroxylation is 1. The Morgan fingerprint density at radius 1 is 1.24 bits per heavy atom. The average Bonchev–Trinajstić information content (AvgIpc) is 3.38. The smallest absolute Gasteiger partial charge is 0.178 e. The van der Waals surface area contributed by atoms with Gasteiger partial charge in [0.15, 0.2) is 5.82 Å². The van der Waals surface area contributed by atoms with Crippen LogP contribution < -0.4 is 10.1 Å². The van der Waals surface area contributed by atoms with E-state index in [1.54, 1.807) is 11.8 Å². The number of ether oxygens (including phenoxy) is 1. The van der Waals surface area contributed by atoms with E-state index in [2.05, 4.69) is 31.0 Å². The van der Waals surface area contributed by atoms with E-state index in [9.17, 15) is 4.21 Å². The van der Waals surface area contributed by atoms with E-state index in [0.717, 1.165) is 46.0 Å². The second-order valence-electron chi connectivity index (χ2n) is 8.41. The summed E-state index contributed by atoms with van der Waals surface area (Å²) in [5, 5.41) is 23.6. The first-order valence-electron chi connectivity index (χ1n) is 11.3. The summed E-state index contributed by atoms with van der Waals surface area (Å²) in [6, 6.07) is 15.1. The molecule has 1 fully saturated rings. The van der Waals surface area contributed by atoms with Crippen molar-refractivity contribution in [3.63, 3.8) is 0 Å². The highest BCUT2D eigenvalue weighted by molar-refractivity contribution is 7.85. The molecular formula is C24H27N7O2S. The van der Waals surface area contributed by atoms with Gasteiger partial charge in [-0.2, -0.15) is 9.78 Å². The summed E-state index contributed by atoms with van der Waals surface area (Å²) in [6.45, 7) is 2.54. The van der Waals surface area contributed by atoms with Gasteiger partial charge in [-0.05, 0) is 54.5 Å². The lowest BCUT2D eigenvalue weighted by atomic mass is 10.0. The van der Waals surface area contributed by atoms with Crippen molar-refractivity contribution >= 4 is 10.8 Å². The summed E-state index contributed by atoms with van der Waals surface area (Å²) < 4.78 is 19.9. The number of hydrogen-bond acceptors (Lipinski definition) is 7. The van der Waals surface area contributed by atoms with Crippen LogP contribution in [0.2, 0.25) is 0 Å². The number of rotatable bonds is 10.